The highest BCUT2D eigenvalue weighted by molar-refractivity contribution is 7.12. The highest BCUT2D eigenvalue weighted by Crippen LogP contribution is 2.27. The second-order valence-corrected chi connectivity index (χ2v) is 6.57. The van der Waals surface area contributed by atoms with Crippen LogP contribution in [0, 0.1) is 0 Å². The van der Waals surface area contributed by atoms with E-state index in [1.807, 2.05) is 40.7 Å². The van der Waals surface area contributed by atoms with Crippen LogP contribution in [0.1, 0.15) is 9.67 Å². The monoisotopic (exact) mass is 369 g/mol. The number of amides is 1. The molecule has 0 aromatic carbocycles. The predicted molar refractivity (Wildman–Crippen MR) is 96.9 cm³/mol. The number of thiophene rings is 1. The number of aromatic nitrogens is 5. The number of hydrogen-bond donors (Lipinski definition) is 3. The molecule has 4 rings (SSSR count). The number of aromatic amines is 2. The van der Waals surface area contributed by atoms with Crippen molar-refractivity contribution in [2.75, 3.05) is 20.3 Å². The summed E-state index contributed by atoms with van der Waals surface area (Å²) in [5.74, 6) is -0.0963. The summed E-state index contributed by atoms with van der Waals surface area (Å²) in [6.45, 7) is 0.982. The van der Waals surface area contributed by atoms with E-state index >= 15 is 0 Å². The lowest BCUT2D eigenvalue weighted by molar-refractivity contribution is -0.578. The number of ether oxygens (including phenoxy) is 1. The van der Waals surface area contributed by atoms with E-state index in [1.165, 1.54) is 11.3 Å². The zero-order chi connectivity index (χ0) is 17.9. The summed E-state index contributed by atoms with van der Waals surface area (Å²) < 4.78 is 6.80. The third-order valence-electron chi connectivity index (χ3n) is 3.97. The van der Waals surface area contributed by atoms with Gasteiger partial charge in [0.15, 0.2) is 6.20 Å². The molecule has 0 aliphatic carbocycles. The largest absolute Gasteiger partial charge is 0.383 e. The normalized spacial score (nSPS) is 11.1. The van der Waals surface area contributed by atoms with Gasteiger partial charge in [-0.2, -0.15) is 5.10 Å². The molecule has 0 radical (unpaired) electrons. The molecular weight excluding hydrogens is 352 g/mol. The van der Waals surface area contributed by atoms with Crippen molar-refractivity contribution >= 4 is 22.9 Å². The highest BCUT2D eigenvalue weighted by atomic mass is 32.1. The zero-order valence-corrected chi connectivity index (χ0v) is 14.8. The minimum atomic E-state index is -0.0963. The third kappa shape index (κ3) is 3.09. The first-order valence-corrected chi connectivity index (χ1v) is 8.88. The van der Waals surface area contributed by atoms with Crippen LogP contribution in [0.2, 0.25) is 0 Å². The average molecular weight is 369 g/mol. The molecule has 4 heterocycles. The van der Waals surface area contributed by atoms with Gasteiger partial charge in [-0.1, -0.05) is 0 Å². The quantitative estimate of drug-likeness (QED) is 0.355. The molecule has 0 fully saturated rings. The molecule has 26 heavy (non-hydrogen) atoms. The van der Waals surface area contributed by atoms with Crippen LogP contribution < -0.4 is 9.83 Å². The molecule has 0 saturated carbocycles. The number of H-pyrrole nitrogens is 2. The second kappa shape index (κ2) is 7.06. The molecule has 9 heteroatoms. The van der Waals surface area contributed by atoms with Gasteiger partial charge in [0, 0.05) is 31.0 Å². The van der Waals surface area contributed by atoms with Crippen LogP contribution in [-0.4, -0.2) is 46.4 Å². The maximum atomic E-state index is 12.1. The Labute approximate surface area is 152 Å². The van der Waals surface area contributed by atoms with E-state index in [9.17, 15) is 4.79 Å². The molecule has 0 aliphatic heterocycles. The van der Waals surface area contributed by atoms with Crippen LogP contribution in [0.25, 0.3) is 27.9 Å². The smallest absolute Gasteiger partial charge is 0.355 e. The molecule has 0 saturated heterocycles. The second-order valence-electron chi connectivity index (χ2n) is 5.66. The van der Waals surface area contributed by atoms with Crippen molar-refractivity contribution < 1.29 is 14.0 Å². The van der Waals surface area contributed by atoms with E-state index in [1.54, 1.807) is 13.3 Å². The first-order chi connectivity index (χ1) is 12.8. The number of rotatable bonds is 6. The SMILES string of the molecule is COCCNC(=O)c1cc(-c2c[nH][n+]3cc(-c4cn[nH]c4)cnc23)cs1. The lowest BCUT2D eigenvalue weighted by atomic mass is 10.1. The maximum absolute atomic E-state index is 12.1. The molecule has 8 nitrogen and oxygen atoms in total. The summed E-state index contributed by atoms with van der Waals surface area (Å²) in [4.78, 5) is 17.4. The first kappa shape index (κ1) is 16.4. The summed E-state index contributed by atoms with van der Waals surface area (Å²) in [5, 5.41) is 14.7. The van der Waals surface area contributed by atoms with Crippen LogP contribution >= 0.6 is 11.3 Å². The standard InChI is InChI=1S/C17H16N6O2S/c1-25-3-2-18-17(24)15-4-11(10-26-15)14-8-22-23-9-13(5-19-16(14)23)12-6-20-21-7-12/h4-10H,2-3H2,1H3,(H2,18,20,21,24)/p+1. The zero-order valence-electron chi connectivity index (χ0n) is 14.0. The van der Waals surface area contributed by atoms with Crippen molar-refractivity contribution in [1.29, 1.82) is 0 Å². The summed E-state index contributed by atoms with van der Waals surface area (Å²) >= 11 is 1.41. The van der Waals surface area contributed by atoms with Gasteiger partial charge in [-0.3, -0.25) is 9.89 Å². The minimum Gasteiger partial charge on any atom is -0.383 e. The van der Waals surface area contributed by atoms with Gasteiger partial charge in [0.05, 0.1) is 35.0 Å². The van der Waals surface area contributed by atoms with E-state index in [0.29, 0.717) is 18.0 Å². The number of fused-ring (bicyclic) bond motifs is 1. The Morgan fingerprint density at radius 3 is 3.04 bits per heavy atom. The van der Waals surface area contributed by atoms with Crippen molar-refractivity contribution in [2.45, 2.75) is 0 Å². The van der Waals surface area contributed by atoms with Gasteiger partial charge in [0.1, 0.15) is 6.20 Å². The maximum Gasteiger partial charge on any atom is 0.355 e. The highest BCUT2D eigenvalue weighted by Gasteiger charge is 2.19. The van der Waals surface area contributed by atoms with Crippen molar-refractivity contribution in [2.24, 2.45) is 0 Å². The van der Waals surface area contributed by atoms with E-state index in [2.05, 4.69) is 25.6 Å². The Bertz CT molecular complexity index is 1040. The number of nitrogens with zero attached hydrogens (tertiary/aromatic N) is 3. The summed E-state index contributed by atoms with van der Waals surface area (Å²) in [5.41, 5.74) is 4.60. The van der Waals surface area contributed by atoms with E-state index in [-0.39, 0.29) is 5.91 Å². The predicted octanol–water partition coefficient (Wildman–Crippen LogP) is 1.64. The summed E-state index contributed by atoms with van der Waals surface area (Å²) in [7, 11) is 1.61. The number of nitrogens with one attached hydrogen (secondary N) is 3. The number of carbonyl (C=O) groups is 1. The van der Waals surface area contributed by atoms with E-state index in [4.69, 9.17) is 4.74 Å². The molecule has 132 valence electrons. The average Bonchev–Trinajstić information content (AvgIpc) is 3.40. The molecule has 4 aromatic heterocycles. The van der Waals surface area contributed by atoms with Gasteiger partial charge in [0.2, 0.25) is 0 Å². The fourth-order valence-corrected chi connectivity index (χ4v) is 3.47. The fourth-order valence-electron chi connectivity index (χ4n) is 2.64. The van der Waals surface area contributed by atoms with Gasteiger partial charge in [-0.25, -0.2) is 5.10 Å². The Balaban J connectivity index is 1.60. The molecule has 0 aliphatic rings. The first-order valence-electron chi connectivity index (χ1n) is 8.00. The molecule has 1 amide bonds. The Kier molecular flexibility index (Phi) is 4.46. The molecular formula is C17H17N6O2S+. The molecule has 3 N–H and O–H groups in total. The van der Waals surface area contributed by atoms with Crippen LogP contribution in [0.4, 0.5) is 0 Å². The van der Waals surface area contributed by atoms with Gasteiger partial charge < -0.3 is 10.1 Å². The topological polar surface area (TPSA) is 99.8 Å². The van der Waals surface area contributed by atoms with Crippen LogP contribution in [0.15, 0.2) is 42.4 Å². The van der Waals surface area contributed by atoms with Crippen LogP contribution in [0.5, 0.6) is 0 Å². The molecule has 4 aromatic rings. The van der Waals surface area contributed by atoms with Gasteiger partial charge in [-0.15, -0.1) is 15.9 Å². The number of carbonyl (C=O) groups excluding carboxylic acids is 1. The van der Waals surface area contributed by atoms with Gasteiger partial charge >= 0.3 is 5.65 Å². The van der Waals surface area contributed by atoms with E-state index < -0.39 is 0 Å². The fraction of sp³-hybridized carbons (Fsp3) is 0.176. The van der Waals surface area contributed by atoms with Crippen molar-refractivity contribution in [3.63, 3.8) is 0 Å². The molecule has 0 bridgehead atoms. The van der Waals surface area contributed by atoms with Crippen LogP contribution in [-0.2, 0) is 4.74 Å². The number of hydrogen-bond acceptors (Lipinski definition) is 5. The lowest BCUT2D eigenvalue weighted by Gasteiger charge is -2.01. The van der Waals surface area contributed by atoms with Crippen molar-refractivity contribution in [3.05, 3.63) is 47.3 Å². The third-order valence-corrected chi connectivity index (χ3v) is 4.90. The van der Waals surface area contributed by atoms with Gasteiger partial charge in [0.25, 0.3) is 5.91 Å². The Morgan fingerprint density at radius 1 is 1.31 bits per heavy atom. The van der Waals surface area contributed by atoms with Crippen molar-refractivity contribution in [1.82, 2.24) is 25.6 Å². The minimum absolute atomic E-state index is 0.0963. The molecule has 0 atom stereocenters. The summed E-state index contributed by atoms with van der Waals surface area (Å²) in [6.07, 6.45) is 9.22. The Hall–Kier alpha value is -3.04. The van der Waals surface area contributed by atoms with Crippen molar-refractivity contribution in [3.8, 4) is 22.3 Å². The molecule has 0 unspecified atom stereocenters. The van der Waals surface area contributed by atoms with E-state index in [0.717, 1.165) is 27.9 Å². The summed E-state index contributed by atoms with van der Waals surface area (Å²) in [6, 6.07) is 1.88. The molecule has 0 spiro atoms. The lowest BCUT2D eigenvalue weighted by Crippen LogP contribution is -2.26. The van der Waals surface area contributed by atoms with Crippen LogP contribution in [0.3, 0.4) is 0 Å². The Morgan fingerprint density at radius 2 is 2.23 bits per heavy atom. The van der Waals surface area contributed by atoms with Gasteiger partial charge in [-0.05, 0) is 16.4 Å². The number of methoxy groups -OCH3 is 1.